The molecular weight excluding hydrogens is 336 g/mol. The summed E-state index contributed by atoms with van der Waals surface area (Å²) in [5.41, 5.74) is 2.24. The highest BCUT2D eigenvalue weighted by atomic mass is 16.6. The van der Waals surface area contributed by atoms with Gasteiger partial charge in [-0.2, -0.15) is 5.10 Å². The van der Waals surface area contributed by atoms with E-state index in [4.69, 9.17) is 0 Å². The van der Waals surface area contributed by atoms with Gasteiger partial charge in [0.1, 0.15) is 12.7 Å². The van der Waals surface area contributed by atoms with Crippen LogP contribution in [-0.2, 0) is 0 Å². The van der Waals surface area contributed by atoms with Crippen LogP contribution in [0.5, 0.6) is 0 Å². The molecule has 0 radical (unpaired) electrons. The molecule has 0 fully saturated rings. The maximum Gasteiger partial charge on any atom is 0.319 e. The van der Waals surface area contributed by atoms with E-state index in [0.717, 1.165) is 11.3 Å². The molecule has 9 nitrogen and oxygen atoms in total. The maximum atomic E-state index is 12.1. The van der Waals surface area contributed by atoms with Gasteiger partial charge >= 0.3 is 6.03 Å². The molecule has 2 amide bonds. The lowest BCUT2D eigenvalue weighted by Gasteiger charge is -2.15. The zero-order valence-corrected chi connectivity index (χ0v) is 13.9. The van der Waals surface area contributed by atoms with Crippen LogP contribution in [0.2, 0.25) is 0 Å². The molecule has 26 heavy (non-hydrogen) atoms. The molecule has 2 N–H and O–H groups in total. The second-order valence-electron chi connectivity index (χ2n) is 5.56. The molecule has 0 saturated heterocycles. The summed E-state index contributed by atoms with van der Waals surface area (Å²) in [6.45, 7) is 1.86. The molecule has 9 heteroatoms. The van der Waals surface area contributed by atoms with Crippen molar-refractivity contribution in [1.29, 1.82) is 0 Å². The fourth-order valence-electron chi connectivity index (χ4n) is 2.37. The lowest BCUT2D eigenvalue weighted by molar-refractivity contribution is -0.384. The Morgan fingerprint density at radius 2 is 1.85 bits per heavy atom. The number of amides is 2. The van der Waals surface area contributed by atoms with E-state index in [1.54, 1.807) is 11.0 Å². The Bertz CT molecular complexity index is 891. The summed E-state index contributed by atoms with van der Waals surface area (Å²) < 4.78 is 1.64. The van der Waals surface area contributed by atoms with Gasteiger partial charge in [0.15, 0.2) is 0 Å². The predicted octanol–water partition coefficient (Wildman–Crippen LogP) is 3.06. The van der Waals surface area contributed by atoms with Gasteiger partial charge in [-0.3, -0.25) is 10.1 Å². The Balaban J connectivity index is 1.59. The van der Waals surface area contributed by atoms with Gasteiger partial charge in [0, 0.05) is 17.8 Å². The van der Waals surface area contributed by atoms with Gasteiger partial charge in [0.25, 0.3) is 5.69 Å². The number of nitrogens with zero attached hydrogens (tertiary/aromatic N) is 4. The number of nitro groups is 1. The van der Waals surface area contributed by atoms with Crippen LogP contribution in [-0.4, -0.2) is 25.7 Å². The number of anilines is 1. The largest absolute Gasteiger partial charge is 0.331 e. The van der Waals surface area contributed by atoms with Crippen molar-refractivity contribution in [2.75, 3.05) is 5.32 Å². The number of nitro benzene ring substituents is 1. The Hall–Kier alpha value is -3.75. The highest BCUT2D eigenvalue weighted by Crippen LogP contribution is 2.17. The number of carbonyl (C=O) groups excluding carboxylic acids is 1. The van der Waals surface area contributed by atoms with Crippen LogP contribution in [0.15, 0.2) is 61.2 Å². The third kappa shape index (κ3) is 4.01. The molecule has 3 rings (SSSR count). The number of nitrogens with one attached hydrogen (secondary N) is 2. The first kappa shape index (κ1) is 17.1. The number of carbonyl (C=O) groups is 1. The Labute approximate surface area is 148 Å². The first-order chi connectivity index (χ1) is 12.5. The summed E-state index contributed by atoms with van der Waals surface area (Å²) in [7, 11) is 0. The third-order valence-electron chi connectivity index (χ3n) is 3.76. The molecule has 1 unspecified atom stereocenters. The van der Waals surface area contributed by atoms with Crippen LogP contribution in [0, 0.1) is 10.1 Å². The van der Waals surface area contributed by atoms with E-state index in [1.165, 1.54) is 30.6 Å². The lowest BCUT2D eigenvalue weighted by Crippen LogP contribution is -2.31. The molecular formula is C17H16N6O3. The number of hydrogen-bond acceptors (Lipinski definition) is 5. The van der Waals surface area contributed by atoms with Crippen LogP contribution in [0.25, 0.3) is 5.69 Å². The molecule has 3 aromatic rings. The van der Waals surface area contributed by atoms with Gasteiger partial charge in [0.2, 0.25) is 0 Å². The van der Waals surface area contributed by atoms with Crippen molar-refractivity contribution in [2.24, 2.45) is 0 Å². The standard InChI is InChI=1S/C17H16N6O3/c1-12(13-2-6-15(7-3-13)22-11-18-10-19-22)20-17(24)21-14-4-8-16(9-5-14)23(25)26/h2-12H,1H3,(H2,20,21,24). The molecule has 0 aliphatic heterocycles. The van der Waals surface area contributed by atoms with Crippen LogP contribution in [0.4, 0.5) is 16.2 Å². The average Bonchev–Trinajstić information content (AvgIpc) is 3.17. The Morgan fingerprint density at radius 1 is 1.15 bits per heavy atom. The summed E-state index contributed by atoms with van der Waals surface area (Å²) in [4.78, 5) is 26.1. The van der Waals surface area contributed by atoms with Crippen molar-refractivity contribution < 1.29 is 9.72 Å². The molecule has 1 aromatic heterocycles. The molecule has 0 spiro atoms. The number of rotatable bonds is 5. The Kier molecular flexibility index (Phi) is 4.88. The fraction of sp³-hybridized carbons (Fsp3) is 0.118. The molecule has 0 aliphatic carbocycles. The average molecular weight is 352 g/mol. The maximum absolute atomic E-state index is 12.1. The SMILES string of the molecule is CC(NC(=O)Nc1ccc([N+](=O)[O-])cc1)c1ccc(-n2cncn2)cc1. The van der Waals surface area contributed by atoms with Crippen molar-refractivity contribution in [3.63, 3.8) is 0 Å². The Morgan fingerprint density at radius 3 is 2.42 bits per heavy atom. The van der Waals surface area contributed by atoms with Gasteiger partial charge in [-0.15, -0.1) is 0 Å². The first-order valence-corrected chi connectivity index (χ1v) is 7.80. The van der Waals surface area contributed by atoms with E-state index in [9.17, 15) is 14.9 Å². The van der Waals surface area contributed by atoms with E-state index < -0.39 is 11.0 Å². The minimum atomic E-state index is -0.491. The minimum Gasteiger partial charge on any atom is -0.331 e. The van der Waals surface area contributed by atoms with E-state index in [2.05, 4.69) is 20.7 Å². The van der Waals surface area contributed by atoms with Crippen LogP contribution < -0.4 is 10.6 Å². The highest BCUT2D eigenvalue weighted by molar-refractivity contribution is 5.89. The van der Waals surface area contributed by atoms with Crippen molar-refractivity contribution >= 4 is 17.4 Å². The summed E-state index contributed by atoms with van der Waals surface area (Å²) in [5.74, 6) is 0. The molecule has 1 heterocycles. The molecule has 2 aromatic carbocycles. The minimum absolute atomic E-state index is 0.0307. The van der Waals surface area contributed by atoms with Crippen molar-refractivity contribution in [2.45, 2.75) is 13.0 Å². The summed E-state index contributed by atoms with van der Waals surface area (Å²) in [6.07, 6.45) is 3.06. The van der Waals surface area contributed by atoms with Crippen molar-refractivity contribution in [1.82, 2.24) is 20.1 Å². The summed E-state index contributed by atoms with van der Waals surface area (Å²) in [5, 5.41) is 20.2. The number of benzene rings is 2. The van der Waals surface area contributed by atoms with E-state index in [1.807, 2.05) is 31.2 Å². The van der Waals surface area contributed by atoms with E-state index in [-0.39, 0.29) is 11.7 Å². The van der Waals surface area contributed by atoms with Gasteiger partial charge in [0.05, 0.1) is 16.7 Å². The second kappa shape index (κ2) is 7.43. The quantitative estimate of drug-likeness (QED) is 0.541. The number of urea groups is 1. The third-order valence-corrected chi connectivity index (χ3v) is 3.76. The second-order valence-corrected chi connectivity index (χ2v) is 5.56. The van der Waals surface area contributed by atoms with Gasteiger partial charge in [-0.1, -0.05) is 12.1 Å². The molecule has 132 valence electrons. The van der Waals surface area contributed by atoms with Crippen LogP contribution in [0.3, 0.4) is 0 Å². The highest BCUT2D eigenvalue weighted by Gasteiger charge is 2.11. The normalized spacial score (nSPS) is 11.6. The van der Waals surface area contributed by atoms with Gasteiger partial charge < -0.3 is 10.6 Å². The van der Waals surface area contributed by atoms with Crippen molar-refractivity contribution in [3.05, 3.63) is 76.9 Å². The zero-order valence-electron chi connectivity index (χ0n) is 13.9. The van der Waals surface area contributed by atoms with Crippen LogP contribution in [0.1, 0.15) is 18.5 Å². The zero-order chi connectivity index (χ0) is 18.5. The molecule has 0 bridgehead atoms. The number of non-ortho nitro benzene ring substituents is 1. The van der Waals surface area contributed by atoms with E-state index in [0.29, 0.717) is 5.69 Å². The number of hydrogen-bond donors (Lipinski definition) is 2. The molecule has 1 atom stereocenters. The summed E-state index contributed by atoms with van der Waals surface area (Å²) >= 11 is 0. The fourth-order valence-corrected chi connectivity index (χ4v) is 2.37. The number of aromatic nitrogens is 3. The van der Waals surface area contributed by atoms with E-state index >= 15 is 0 Å². The topological polar surface area (TPSA) is 115 Å². The molecule has 0 saturated carbocycles. The molecule has 0 aliphatic rings. The van der Waals surface area contributed by atoms with Crippen LogP contribution >= 0.6 is 0 Å². The lowest BCUT2D eigenvalue weighted by atomic mass is 10.1. The van der Waals surface area contributed by atoms with Gasteiger partial charge in [-0.25, -0.2) is 14.5 Å². The predicted molar refractivity (Wildman–Crippen MR) is 95.0 cm³/mol. The van der Waals surface area contributed by atoms with Crippen molar-refractivity contribution in [3.8, 4) is 5.69 Å². The smallest absolute Gasteiger partial charge is 0.319 e. The first-order valence-electron chi connectivity index (χ1n) is 7.80. The monoisotopic (exact) mass is 352 g/mol. The summed E-state index contributed by atoms with van der Waals surface area (Å²) in [6, 6.07) is 12.6. The van der Waals surface area contributed by atoms with Gasteiger partial charge in [-0.05, 0) is 36.8 Å².